The summed E-state index contributed by atoms with van der Waals surface area (Å²) in [4.78, 5) is 12.2. The molecule has 1 rings (SSSR count). The van der Waals surface area contributed by atoms with Gasteiger partial charge in [0.2, 0.25) is 0 Å². The molecular formula is C14H28N2O4. The molecule has 1 aliphatic heterocycles. The minimum absolute atomic E-state index is 0.367. The number of nitrogens with one attached hydrogen (secondary N) is 1. The van der Waals surface area contributed by atoms with Gasteiger partial charge in [-0.3, -0.25) is 4.79 Å². The minimum atomic E-state index is -0.920. The molecule has 0 aromatic carbocycles. The van der Waals surface area contributed by atoms with Gasteiger partial charge in [-0.25, -0.2) is 0 Å². The van der Waals surface area contributed by atoms with E-state index in [4.69, 9.17) is 19.9 Å². The van der Waals surface area contributed by atoms with E-state index in [0.717, 1.165) is 0 Å². The third-order valence-electron chi connectivity index (χ3n) is 3.14. The number of carbonyl (C=O) groups excluding carboxylic acids is 1. The SMILES string of the molecule is CCOC1(OCC)CCNC(C(=O)OC(C)(C)C)C1N. The van der Waals surface area contributed by atoms with Crippen molar-refractivity contribution in [2.24, 2.45) is 5.73 Å². The van der Waals surface area contributed by atoms with Gasteiger partial charge >= 0.3 is 5.97 Å². The normalized spacial score (nSPS) is 26.3. The van der Waals surface area contributed by atoms with Crippen LogP contribution in [0.25, 0.3) is 0 Å². The molecule has 118 valence electrons. The van der Waals surface area contributed by atoms with Gasteiger partial charge in [0.25, 0.3) is 0 Å². The van der Waals surface area contributed by atoms with Crippen LogP contribution in [0.15, 0.2) is 0 Å². The highest BCUT2D eigenvalue weighted by Gasteiger charge is 2.49. The minimum Gasteiger partial charge on any atom is -0.459 e. The Bertz CT molecular complexity index is 316. The standard InChI is InChI=1S/C14H28N2O4/c1-6-18-14(19-7-2)8-9-16-10(11(14)15)12(17)20-13(3,4)5/h10-11,16H,6-9,15H2,1-5H3. The first-order valence-corrected chi connectivity index (χ1v) is 7.25. The molecule has 0 bridgehead atoms. The zero-order valence-electron chi connectivity index (χ0n) is 13.2. The lowest BCUT2D eigenvalue weighted by Crippen LogP contribution is -2.69. The predicted molar refractivity (Wildman–Crippen MR) is 76.2 cm³/mol. The van der Waals surface area contributed by atoms with Gasteiger partial charge in [-0.15, -0.1) is 0 Å². The highest BCUT2D eigenvalue weighted by molar-refractivity contribution is 5.77. The molecule has 20 heavy (non-hydrogen) atoms. The van der Waals surface area contributed by atoms with Gasteiger partial charge in [0.15, 0.2) is 5.79 Å². The molecule has 6 heteroatoms. The third kappa shape index (κ3) is 4.15. The van der Waals surface area contributed by atoms with Gasteiger partial charge in [0.05, 0.1) is 6.04 Å². The molecule has 2 unspecified atom stereocenters. The molecule has 1 heterocycles. The van der Waals surface area contributed by atoms with E-state index in [-0.39, 0.29) is 5.97 Å². The number of esters is 1. The summed E-state index contributed by atoms with van der Waals surface area (Å²) in [6, 6.07) is -1.23. The molecule has 1 fully saturated rings. The number of rotatable bonds is 5. The van der Waals surface area contributed by atoms with Gasteiger partial charge in [-0.05, 0) is 34.6 Å². The number of nitrogens with two attached hydrogens (primary N) is 1. The Labute approximate surface area is 121 Å². The third-order valence-corrected chi connectivity index (χ3v) is 3.14. The first kappa shape index (κ1) is 17.4. The second-order valence-corrected chi connectivity index (χ2v) is 5.92. The molecule has 6 nitrogen and oxygen atoms in total. The highest BCUT2D eigenvalue weighted by Crippen LogP contribution is 2.28. The first-order valence-electron chi connectivity index (χ1n) is 7.25. The monoisotopic (exact) mass is 288 g/mol. The van der Waals surface area contributed by atoms with E-state index in [0.29, 0.717) is 26.2 Å². The zero-order chi connectivity index (χ0) is 15.4. The second-order valence-electron chi connectivity index (χ2n) is 5.92. The molecule has 3 N–H and O–H groups in total. The smallest absolute Gasteiger partial charge is 0.325 e. The fourth-order valence-electron chi connectivity index (χ4n) is 2.41. The van der Waals surface area contributed by atoms with Crippen LogP contribution in [-0.2, 0) is 19.0 Å². The highest BCUT2D eigenvalue weighted by atomic mass is 16.7. The Hall–Kier alpha value is -0.690. The fraction of sp³-hybridized carbons (Fsp3) is 0.929. The van der Waals surface area contributed by atoms with Crippen LogP contribution in [0.2, 0.25) is 0 Å². The molecular weight excluding hydrogens is 260 g/mol. The first-order chi connectivity index (χ1) is 9.25. The summed E-state index contributed by atoms with van der Waals surface area (Å²) in [5, 5.41) is 3.10. The fourth-order valence-corrected chi connectivity index (χ4v) is 2.41. The lowest BCUT2D eigenvalue weighted by molar-refractivity contribution is -0.260. The van der Waals surface area contributed by atoms with Crippen molar-refractivity contribution in [3.05, 3.63) is 0 Å². The molecule has 2 atom stereocenters. The van der Waals surface area contributed by atoms with E-state index < -0.39 is 23.5 Å². The van der Waals surface area contributed by atoms with Crippen LogP contribution < -0.4 is 11.1 Å². The Balaban J connectivity index is 2.86. The van der Waals surface area contributed by atoms with Crippen LogP contribution in [0.3, 0.4) is 0 Å². The summed E-state index contributed by atoms with van der Waals surface area (Å²) < 4.78 is 16.9. The molecule has 1 aliphatic rings. The average molecular weight is 288 g/mol. The topological polar surface area (TPSA) is 82.8 Å². The van der Waals surface area contributed by atoms with Crippen molar-refractivity contribution < 1.29 is 19.0 Å². The van der Waals surface area contributed by atoms with Crippen molar-refractivity contribution in [1.29, 1.82) is 0 Å². The number of hydrogen-bond donors (Lipinski definition) is 2. The van der Waals surface area contributed by atoms with E-state index >= 15 is 0 Å². The van der Waals surface area contributed by atoms with E-state index in [1.165, 1.54) is 0 Å². The maximum absolute atomic E-state index is 12.2. The molecule has 0 aromatic rings. The maximum Gasteiger partial charge on any atom is 0.325 e. The maximum atomic E-state index is 12.2. The molecule has 0 radical (unpaired) electrons. The van der Waals surface area contributed by atoms with Crippen molar-refractivity contribution in [2.45, 2.75) is 64.5 Å². The van der Waals surface area contributed by atoms with Crippen LogP contribution in [0.4, 0.5) is 0 Å². The largest absolute Gasteiger partial charge is 0.459 e. The molecule has 0 amide bonds. The second kappa shape index (κ2) is 6.85. The summed E-state index contributed by atoms with van der Waals surface area (Å²) in [6.07, 6.45) is 0.606. The van der Waals surface area contributed by atoms with Gasteiger partial charge in [0, 0.05) is 26.2 Å². The summed E-state index contributed by atoms with van der Waals surface area (Å²) in [7, 11) is 0. The molecule has 1 saturated heterocycles. The number of hydrogen-bond acceptors (Lipinski definition) is 6. The van der Waals surface area contributed by atoms with Crippen molar-refractivity contribution in [1.82, 2.24) is 5.32 Å². The Morgan fingerprint density at radius 3 is 2.30 bits per heavy atom. The average Bonchev–Trinajstić information content (AvgIpc) is 2.31. The Morgan fingerprint density at radius 1 is 1.30 bits per heavy atom. The molecule has 0 saturated carbocycles. The van der Waals surface area contributed by atoms with E-state index in [1.807, 2.05) is 34.6 Å². The van der Waals surface area contributed by atoms with Gasteiger partial charge in [0.1, 0.15) is 11.6 Å². The number of piperidine rings is 1. The van der Waals surface area contributed by atoms with Crippen molar-refractivity contribution in [3.8, 4) is 0 Å². The summed E-state index contributed by atoms with van der Waals surface area (Å²) in [6.45, 7) is 10.8. The quantitative estimate of drug-likeness (QED) is 0.575. The van der Waals surface area contributed by atoms with Crippen LogP contribution >= 0.6 is 0 Å². The van der Waals surface area contributed by atoms with Crippen molar-refractivity contribution in [3.63, 3.8) is 0 Å². The Kier molecular flexibility index (Phi) is 5.94. The van der Waals surface area contributed by atoms with Gasteiger partial charge in [-0.2, -0.15) is 0 Å². The summed E-state index contributed by atoms with van der Waals surface area (Å²) in [5.41, 5.74) is 5.69. The number of carbonyl (C=O) groups is 1. The van der Waals surface area contributed by atoms with Crippen molar-refractivity contribution >= 4 is 5.97 Å². The molecule has 0 aliphatic carbocycles. The van der Waals surface area contributed by atoms with Gasteiger partial charge < -0.3 is 25.3 Å². The lowest BCUT2D eigenvalue weighted by Gasteiger charge is -2.45. The molecule has 0 spiro atoms. The van der Waals surface area contributed by atoms with Crippen LogP contribution in [-0.4, -0.2) is 49.2 Å². The van der Waals surface area contributed by atoms with Gasteiger partial charge in [-0.1, -0.05) is 0 Å². The predicted octanol–water partition coefficient (Wildman–Crippen LogP) is 0.787. The lowest BCUT2D eigenvalue weighted by atomic mass is 9.92. The summed E-state index contributed by atoms with van der Waals surface area (Å²) in [5.74, 6) is -1.29. The van der Waals surface area contributed by atoms with Crippen LogP contribution in [0.5, 0.6) is 0 Å². The van der Waals surface area contributed by atoms with Crippen LogP contribution in [0.1, 0.15) is 41.0 Å². The zero-order valence-corrected chi connectivity index (χ0v) is 13.2. The van der Waals surface area contributed by atoms with Crippen LogP contribution in [0, 0.1) is 0 Å². The Morgan fingerprint density at radius 2 is 1.85 bits per heavy atom. The number of ether oxygens (including phenoxy) is 3. The van der Waals surface area contributed by atoms with E-state index in [9.17, 15) is 4.79 Å². The molecule has 0 aromatic heterocycles. The van der Waals surface area contributed by atoms with E-state index in [1.54, 1.807) is 0 Å². The van der Waals surface area contributed by atoms with Crippen molar-refractivity contribution in [2.75, 3.05) is 19.8 Å². The summed E-state index contributed by atoms with van der Waals surface area (Å²) >= 11 is 0. The van der Waals surface area contributed by atoms with E-state index in [2.05, 4.69) is 5.32 Å².